The number of thioether (sulfide) groups is 1. The number of nitrogens with zero attached hydrogens (tertiary/aromatic N) is 1. The molecular weight excluding hydrogens is 236 g/mol. The van der Waals surface area contributed by atoms with Crippen LogP contribution in [0.2, 0.25) is 0 Å². The molecule has 0 fully saturated rings. The molecule has 0 radical (unpaired) electrons. The lowest BCUT2D eigenvalue weighted by atomic mass is 10.4. The van der Waals surface area contributed by atoms with Gasteiger partial charge in [-0.3, -0.25) is 0 Å². The fourth-order valence-corrected chi connectivity index (χ4v) is 2.98. The normalized spacial score (nSPS) is 10.9. The first kappa shape index (κ1) is 14.0. The molecule has 2 nitrogen and oxygen atoms in total. The molecule has 1 aromatic heterocycles. The Morgan fingerprint density at radius 2 is 2.12 bits per heavy atom. The second-order valence-corrected chi connectivity index (χ2v) is 6.48. The highest BCUT2D eigenvalue weighted by Crippen LogP contribution is 2.16. The Labute approximate surface area is 107 Å². The van der Waals surface area contributed by atoms with Crippen molar-refractivity contribution in [3.05, 3.63) is 15.6 Å². The summed E-state index contributed by atoms with van der Waals surface area (Å²) in [6.45, 7) is 8.64. The lowest BCUT2D eigenvalue weighted by Crippen LogP contribution is -2.18. The minimum Gasteiger partial charge on any atom is -0.316 e. The van der Waals surface area contributed by atoms with Crippen LogP contribution in [-0.2, 0) is 6.42 Å². The number of nitrogens with one attached hydrogen (secondary N) is 1. The first-order valence-corrected chi connectivity index (χ1v) is 7.92. The standard InChI is InChI=1S/C12H22N2S2/c1-4-15-9-5-7-13-8-6-12-14-10(2)11(3)16-12/h13H,4-9H2,1-3H3. The summed E-state index contributed by atoms with van der Waals surface area (Å²) in [4.78, 5) is 5.89. The molecule has 1 N–H and O–H groups in total. The molecule has 0 saturated carbocycles. The Balaban J connectivity index is 2.03. The van der Waals surface area contributed by atoms with Gasteiger partial charge in [-0.05, 0) is 38.3 Å². The van der Waals surface area contributed by atoms with Crippen LogP contribution in [0.25, 0.3) is 0 Å². The zero-order valence-electron chi connectivity index (χ0n) is 10.5. The minimum absolute atomic E-state index is 1.06. The van der Waals surface area contributed by atoms with Crippen molar-refractivity contribution in [2.24, 2.45) is 0 Å². The van der Waals surface area contributed by atoms with Gasteiger partial charge >= 0.3 is 0 Å². The molecule has 0 atom stereocenters. The fraction of sp³-hybridized carbons (Fsp3) is 0.750. The van der Waals surface area contributed by atoms with Crippen LogP contribution in [0.1, 0.15) is 28.9 Å². The molecule has 0 aliphatic rings. The van der Waals surface area contributed by atoms with E-state index in [0.717, 1.165) is 19.5 Å². The van der Waals surface area contributed by atoms with Crippen LogP contribution in [-0.4, -0.2) is 29.6 Å². The van der Waals surface area contributed by atoms with Crippen LogP contribution >= 0.6 is 23.1 Å². The molecule has 0 saturated heterocycles. The summed E-state index contributed by atoms with van der Waals surface area (Å²) < 4.78 is 0. The van der Waals surface area contributed by atoms with E-state index in [1.165, 1.54) is 33.5 Å². The van der Waals surface area contributed by atoms with E-state index in [1.54, 1.807) is 0 Å². The third-order valence-corrected chi connectivity index (χ3v) is 4.55. The summed E-state index contributed by atoms with van der Waals surface area (Å²) >= 11 is 3.85. The maximum Gasteiger partial charge on any atom is 0.0943 e. The molecule has 0 aromatic carbocycles. The van der Waals surface area contributed by atoms with Crippen molar-refractivity contribution in [3.8, 4) is 0 Å². The van der Waals surface area contributed by atoms with Gasteiger partial charge in [-0.25, -0.2) is 4.98 Å². The molecule has 1 heterocycles. The zero-order chi connectivity index (χ0) is 11.8. The molecule has 4 heteroatoms. The monoisotopic (exact) mass is 258 g/mol. The molecule has 0 bridgehead atoms. The largest absolute Gasteiger partial charge is 0.316 e. The molecule has 1 aromatic rings. The highest BCUT2D eigenvalue weighted by molar-refractivity contribution is 7.99. The maximum absolute atomic E-state index is 4.53. The molecule has 0 amide bonds. The number of hydrogen-bond acceptors (Lipinski definition) is 4. The van der Waals surface area contributed by atoms with Gasteiger partial charge in [0.2, 0.25) is 0 Å². The second kappa shape index (κ2) is 8.09. The van der Waals surface area contributed by atoms with Gasteiger partial charge < -0.3 is 5.32 Å². The summed E-state index contributed by atoms with van der Waals surface area (Å²) in [7, 11) is 0. The summed E-state index contributed by atoms with van der Waals surface area (Å²) in [5, 5.41) is 4.74. The van der Waals surface area contributed by atoms with Gasteiger partial charge in [0.1, 0.15) is 0 Å². The summed E-state index contributed by atoms with van der Waals surface area (Å²) in [6.07, 6.45) is 2.34. The van der Waals surface area contributed by atoms with Gasteiger partial charge in [-0.1, -0.05) is 6.92 Å². The van der Waals surface area contributed by atoms with E-state index < -0.39 is 0 Å². The first-order valence-electron chi connectivity index (χ1n) is 5.95. The number of rotatable bonds is 8. The van der Waals surface area contributed by atoms with Crippen LogP contribution < -0.4 is 5.32 Å². The fourth-order valence-electron chi connectivity index (χ4n) is 1.41. The summed E-state index contributed by atoms with van der Waals surface area (Å²) in [6, 6.07) is 0. The summed E-state index contributed by atoms with van der Waals surface area (Å²) in [5.41, 5.74) is 1.19. The smallest absolute Gasteiger partial charge is 0.0943 e. The molecule has 0 spiro atoms. The van der Waals surface area contributed by atoms with E-state index >= 15 is 0 Å². The Bertz CT molecular complexity index is 278. The quantitative estimate of drug-likeness (QED) is 0.726. The molecule has 0 aliphatic carbocycles. The van der Waals surface area contributed by atoms with Gasteiger partial charge in [0.25, 0.3) is 0 Å². The lowest BCUT2D eigenvalue weighted by molar-refractivity contribution is 0.672. The topological polar surface area (TPSA) is 24.9 Å². The van der Waals surface area contributed by atoms with Gasteiger partial charge in [0.15, 0.2) is 0 Å². The van der Waals surface area contributed by atoms with Crippen LogP contribution in [0, 0.1) is 13.8 Å². The predicted molar refractivity (Wildman–Crippen MR) is 75.8 cm³/mol. The van der Waals surface area contributed by atoms with Gasteiger partial charge in [-0.15, -0.1) is 11.3 Å². The second-order valence-electron chi connectivity index (χ2n) is 3.80. The van der Waals surface area contributed by atoms with Crippen LogP contribution in [0.5, 0.6) is 0 Å². The van der Waals surface area contributed by atoms with Gasteiger partial charge in [0, 0.05) is 17.8 Å². The van der Waals surface area contributed by atoms with Crippen molar-refractivity contribution in [1.29, 1.82) is 0 Å². The lowest BCUT2D eigenvalue weighted by Gasteiger charge is -2.02. The third-order valence-electron chi connectivity index (χ3n) is 2.43. The predicted octanol–water partition coefficient (Wildman–Crippen LogP) is 3.04. The highest BCUT2D eigenvalue weighted by atomic mass is 32.2. The Hall–Kier alpha value is -0.0600. The highest BCUT2D eigenvalue weighted by Gasteiger charge is 2.02. The molecular formula is C12H22N2S2. The number of hydrogen-bond donors (Lipinski definition) is 1. The Morgan fingerprint density at radius 3 is 2.75 bits per heavy atom. The number of aromatic nitrogens is 1. The van der Waals surface area contributed by atoms with E-state index in [4.69, 9.17) is 0 Å². The molecule has 16 heavy (non-hydrogen) atoms. The van der Waals surface area contributed by atoms with Crippen molar-refractivity contribution in [3.63, 3.8) is 0 Å². The van der Waals surface area contributed by atoms with E-state index in [-0.39, 0.29) is 0 Å². The van der Waals surface area contributed by atoms with Crippen molar-refractivity contribution in [1.82, 2.24) is 10.3 Å². The van der Waals surface area contributed by atoms with E-state index in [1.807, 2.05) is 23.1 Å². The SMILES string of the molecule is CCSCCCNCCc1nc(C)c(C)s1. The molecule has 0 unspecified atom stereocenters. The minimum atomic E-state index is 1.06. The average Bonchev–Trinajstić information content (AvgIpc) is 2.57. The van der Waals surface area contributed by atoms with Gasteiger partial charge in [-0.2, -0.15) is 11.8 Å². The Kier molecular flexibility index (Phi) is 7.08. The van der Waals surface area contributed by atoms with Crippen molar-refractivity contribution >= 4 is 23.1 Å². The van der Waals surface area contributed by atoms with E-state index in [0.29, 0.717) is 0 Å². The number of aryl methyl sites for hydroxylation is 2. The van der Waals surface area contributed by atoms with Crippen LogP contribution in [0.4, 0.5) is 0 Å². The van der Waals surface area contributed by atoms with E-state index in [2.05, 4.69) is 31.1 Å². The summed E-state index contributed by atoms with van der Waals surface area (Å²) in [5.74, 6) is 2.51. The van der Waals surface area contributed by atoms with Crippen LogP contribution in [0.15, 0.2) is 0 Å². The van der Waals surface area contributed by atoms with Crippen molar-refractivity contribution < 1.29 is 0 Å². The van der Waals surface area contributed by atoms with E-state index in [9.17, 15) is 0 Å². The average molecular weight is 258 g/mol. The molecule has 0 aliphatic heterocycles. The van der Waals surface area contributed by atoms with Crippen molar-refractivity contribution in [2.75, 3.05) is 24.6 Å². The van der Waals surface area contributed by atoms with Crippen molar-refractivity contribution in [2.45, 2.75) is 33.6 Å². The van der Waals surface area contributed by atoms with Crippen LogP contribution in [0.3, 0.4) is 0 Å². The first-order chi connectivity index (χ1) is 7.74. The maximum atomic E-state index is 4.53. The third kappa shape index (κ3) is 5.32. The molecule has 1 rings (SSSR count). The molecule has 92 valence electrons. The zero-order valence-corrected chi connectivity index (χ0v) is 12.1. The van der Waals surface area contributed by atoms with Gasteiger partial charge in [0.05, 0.1) is 10.7 Å². The Morgan fingerprint density at radius 1 is 1.31 bits per heavy atom. The number of thiazole rings is 1.